The molecule has 3 heterocycles. The molecule has 5 nitrogen and oxygen atoms in total. The van der Waals surface area contributed by atoms with Crippen LogP contribution < -0.4 is 10.5 Å². The molecule has 0 atom stereocenters. The van der Waals surface area contributed by atoms with E-state index >= 15 is 0 Å². The largest absolute Gasteiger partial charge is 0.356 e. The van der Waals surface area contributed by atoms with E-state index in [0.717, 1.165) is 44.6 Å². The first-order valence-corrected chi connectivity index (χ1v) is 11.4. The number of hydrogen-bond acceptors (Lipinski definition) is 4. The number of benzene rings is 1. The van der Waals surface area contributed by atoms with Crippen LogP contribution in [0.1, 0.15) is 35.5 Å². The summed E-state index contributed by atoms with van der Waals surface area (Å²) in [7, 11) is 0. The molecular formula is C24H24Cl2N4O. The fourth-order valence-electron chi connectivity index (χ4n) is 5.11. The molecular weight excluding hydrogens is 431 g/mol. The van der Waals surface area contributed by atoms with Crippen LogP contribution in [0.2, 0.25) is 10.0 Å². The van der Waals surface area contributed by atoms with Gasteiger partial charge in [-0.2, -0.15) is 0 Å². The van der Waals surface area contributed by atoms with Gasteiger partial charge in [0.2, 0.25) is 0 Å². The van der Waals surface area contributed by atoms with Crippen LogP contribution in [0, 0.1) is 19.3 Å². The van der Waals surface area contributed by atoms with Crippen LogP contribution in [0.3, 0.4) is 0 Å². The highest BCUT2D eigenvalue weighted by Crippen LogP contribution is 2.44. The summed E-state index contributed by atoms with van der Waals surface area (Å²) >= 11 is 12.6. The van der Waals surface area contributed by atoms with E-state index in [2.05, 4.69) is 16.0 Å². The standard InChI is InChI=1S/C24H24Cl2N4O/c1-15-22(28-16(2)30(23(15)31)20-7-3-6-18(25)21(20)26)29-11-8-24(9-12-29)13-17-5-4-10-27-19(17)14-24/h3-7,10H,8-9,11-14H2,1-2H3. The molecule has 31 heavy (non-hydrogen) atoms. The molecule has 1 aliphatic carbocycles. The lowest BCUT2D eigenvalue weighted by Crippen LogP contribution is -2.42. The van der Waals surface area contributed by atoms with Gasteiger partial charge < -0.3 is 4.90 Å². The van der Waals surface area contributed by atoms with Gasteiger partial charge in [-0.05, 0) is 68.7 Å². The minimum atomic E-state index is -0.107. The summed E-state index contributed by atoms with van der Waals surface area (Å²) in [5.74, 6) is 1.38. The van der Waals surface area contributed by atoms with E-state index in [-0.39, 0.29) is 5.56 Å². The van der Waals surface area contributed by atoms with Crippen LogP contribution in [0.15, 0.2) is 41.3 Å². The Morgan fingerprint density at radius 2 is 1.81 bits per heavy atom. The Labute approximate surface area is 191 Å². The molecule has 5 rings (SSSR count). The summed E-state index contributed by atoms with van der Waals surface area (Å²) in [5.41, 5.74) is 4.02. The van der Waals surface area contributed by atoms with Gasteiger partial charge in [-0.1, -0.05) is 35.3 Å². The number of halogens is 2. The summed E-state index contributed by atoms with van der Waals surface area (Å²) in [6.45, 7) is 5.47. The fraction of sp³-hybridized carbons (Fsp3) is 0.375. The van der Waals surface area contributed by atoms with Crippen LogP contribution in [0.5, 0.6) is 0 Å². The Morgan fingerprint density at radius 1 is 1.03 bits per heavy atom. The Morgan fingerprint density at radius 3 is 2.55 bits per heavy atom. The van der Waals surface area contributed by atoms with E-state index in [1.165, 1.54) is 11.3 Å². The van der Waals surface area contributed by atoms with Crippen LogP contribution in [0.4, 0.5) is 5.82 Å². The van der Waals surface area contributed by atoms with Gasteiger partial charge in [0.15, 0.2) is 0 Å². The van der Waals surface area contributed by atoms with Gasteiger partial charge in [0.05, 0.1) is 21.3 Å². The van der Waals surface area contributed by atoms with Gasteiger partial charge in [-0.15, -0.1) is 0 Å². The number of pyridine rings is 1. The number of hydrogen-bond donors (Lipinski definition) is 0. The normalized spacial score (nSPS) is 17.2. The second-order valence-corrected chi connectivity index (χ2v) is 9.56. The Bertz CT molecular complexity index is 1200. The molecule has 7 heteroatoms. The minimum absolute atomic E-state index is 0.107. The zero-order chi connectivity index (χ0) is 21.8. The number of aromatic nitrogens is 3. The van der Waals surface area contributed by atoms with Gasteiger partial charge in [0.1, 0.15) is 11.6 Å². The quantitative estimate of drug-likeness (QED) is 0.550. The lowest BCUT2D eigenvalue weighted by molar-refractivity contribution is 0.231. The number of aryl methyl sites for hydroxylation is 1. The minimum Gasteiger partial charge on any atom is -0.356 e. The molecule has 1 saturated heterocycles. The first-order chi connectivity index (χ1) is 14.9. The first kappa shape index (κ1) is 20.5. The molecule has 0 N–H and O–H groups in total. The summed E-state index contributed by atoms with van der Waals surface area (Å²) in [6, 6.07) is 9.53. The van der Waals surface area contributed by atoms with Crippen LogP contribution in [-0.4, -0.2) is 27.6 Å². The lowest BCUT2D eigenvalue weighted by Gasteiger charge is -2.40. The van der Waals surface area contributed by atoms with E-state index in [9.17, 15) is 4.79 Å². The second kappa shape index (κ2) is 7.64. The van der Waals surface area contributed by atoms with Crippen molar-refractivity contribution in [2.45, 2.75) is 39.5 Å². The molecule has 160 valence electrons. The van der Waals surface area contributed by atoms with E-state index in [1.54, 1.807) is 22.8 Å². The number of piperidine rings is 1. The van der Waals surface area contributed by atoms with Crippen molar-refractivity contribution in [3.63, 3.8) is 0 Å². The van der Waals surface area contributed by atoms with E-state index in [1.807, 2.05) is 26.1 Å². The first-order valence-electron chi connectivity index (χ1n) is 10.6. The summed E-state index contributed by atoms with van der Waals surface area (Å²) in [4.78, 5) is 25.0. The molecule has 0 bridgehead atoms. The van der Waals surface area contributed by atoms with E-state index < -0.39 is 0 Å². The van der Waals surface area contributed by atoms with Gasteiger partial charge in [-0.3, -0.25) is 14.3 Å². The lowest BCUT2D eigenvalue weighted by atomic mass is 9.76. The third kappa shape index (κ3) is 3.44. The van der Waals surface area contributed by atoms with Crippen molar-refractivity contribution in [2.24, 2.45) is 5.41 Å². The van der Waals surface area contributed by atoms with Crippen molar-refractivity contribution in [2.75, 3.05) is 18.0 Å². The third-order valence-electron chi connectivity index (χ3n) is 6.84. The molecule has 0 saturated carbocycles. The Kier molecular flexibility index (Phi) is 5.06. The maximum absolute atomic E-state index is 13.3. The molecule has 0 unspecified atom stereocenters. The molecule has 1 aromatic carbocycles. The number of anilines is 1. The number of rotatable bonds is 2. The Balaban J connectivity index is 1.43. The Hall–Kier alpha value is -2.37. The average Bonchev–Trinajstić information content (AvgIpc) is 3.12. The molecule has 3 aromatic rings. The molecule has 0 radical (unpaired) electrons. The topological polar surface area (TPSA) is 51.0 Å². The summed E-state index contributed by atoms with van der Waals surface area (Å²) < 4.78 is 1.55. The maximum atomic E-state index is 13.3. The number of nitrogens with zero attached hydrogens (tertiary/aromatic N) is 4. The van der Waals surface area contributed by atoms with Crippen molar-refractivity contribution in [3.8, 4) is 5.69 Å². The van der Waals surface area contributed by atoms with Crippen LogP contribution in [-0.2, 0) is 12.8 Å². The zero-order valence-corrected chi connectivity index (χ0v) is 19.2. The molecule has 2 aliphatic rings. The highest BCUT2D eigenvalue weighted by atomic mass is 35.5. The van der Waals surface area contributed by atoms with E-state index in [0.29, 0.717) is 32.5 Å². The number of fused-ring (bicyclic) bond motifs is 1. The maximum Gasteiger partial charge on any atom is 0.263 e. The second-order valence-electron chi connectivity index (χ2n) is 8.77. The van der Waals surface area contributed by atoms with Gasteiger partial charge in [0, 0.05) is 25.0 Å². The van der Waals surface area contributed by atoms with Crippen LogP contribution >= 0.6 is 23.2 Å². The highest BCUT2D eigenvalue weighted by molar-refractivity contribution is 6.43. The van der Waals surface area contributed by atoms with Crippen molar-refractivity contribution < 1.29 is 0 Å². The smallest absolute Gasteiger partial charge is 0.263 e. The summed E-state index contributed by atoms with van der Waals surface area (Å²) in [6.07, 6.45) is 6.20. The predicted molar refractivity (Wildman–Crippen MR) is 125 cm³/mol. The third-order valence-corrected chi connectivity index (χ3v) is 7.65. The molecule has 0 amide bonds. The molecule has 1 spiro atoms. The van der Waals surface area contributed by atoms with E-state index in [4.69, 9.17) is 28.2 Å². The average molecular weight is 455 g/mol. The van der Waals surface area contributed by atoms with Crippen molar-refractivity contribution in [3.05, 3.63) is 79.6 Å². The van der Waals surface area contributed by atoms with Crippen LogP contribution in [0.25, 0.3) is 5.69 Å². The molecule has 1 aliphatic heterocycles. The van der Waals surface area contributed by atoms with Crippen molar-refractivity contribution >= 4 is 29.0 Å². The van der Waals surface area contributed by atoms with Crippen molar-refractivity contribution in [1.82, 2.24) is 14.5 Å². The fourth-order valence-corrected chi connectivity index (χ4v) is 5.49. The molecule has 1 fully saturated rings. The predicted octanol–water partition coefficient (Wildman–Crippen LogP) is 4.94. The van der Waals surface area contributed by atoms with Gasteiger partial charge in [-0.25, -0.2) is 4.98 Å². The summed E-state index contributed by atoms with van der Waals surface area (Å²) in [5, 5.41) is 0.776. The highest BCUT2D eigenvalue weighted by Gasteiger charge is 2.41. The monoisotopic (exact) mass is 454 g/mol. The SMILES string of the molecule is Cc1c(N2CCC3(CC2)Cc2cccnc2C3)nc(C)n(-c2cccc(Cl)c2Cl)c1=O. The van der Waals surface area contributed by atoms with Gasteiger partial charge in [0.25, 0.3) is 5.56 Å². The van der Waals surface area contributed by atoms with Gasteiger partial charge >= 0.3 is 0 Å². The molecule has 2 aromatic heterocycles. The van der Waals surface area contributed by atoms with Crippen molar-refractivity contribution in [1.29, 1.82) is 0 Å². The zero-order valence-electron chi connectivity index (χ0n) is 17.7.